The van der Waals surface area contributed by atoms with Crippen molar-refractivity contribution in [1.82, 2.24) is 10.2 Å². The molecular weight excluding hydrogens is 334 g/mol. The second-order valence-electron chi connectivity index (χ2n) is 6.93. The Morgan fingerprint density at radius 1 is 1.04 bits per heavy atom. The van der Waals surface area contributed by atoms with Crippen LogP contribution in [-0.2, 0) is 19.2 Å². The molecular formula is C19H31N3O4. The number of unbranched alkanes of at least 4 members (excludes halogenated alkanes) is 3. The number of nitrogens with zero attached hydrogens (tertiary/aromatic N) is 1. The van der Waals surface area contributed by atoms with Gasteiger partial charge in [-0.3, -0.25) is 24.1 Å². The molecule has 0 aromatic heterocycles. The zero-order valence-electron chi connectivity index (χ0n) is 15.8. The molecule has 0 spiro atoms. The minimum Gasteiger partial charge on any atom is -0.346 e. The summed E-state index contributed by atoms with van der Waals surface area (Å²) in [5.41, 5.74) is 5.49. The summed E-state index contributed by atoms with van der Waals surface area (Å²) in [5, 5.41) is 2.85. The van der Waals surface area contributed by atoms with Gasteiger partial charge in [-0.05, 0) is 38.6 Å². The van der Waals surface area contributed by atoms with E-state index in [1.54, 1.807) is 0 Å². The number of hydrogen-bond acceptors (Lipinski definition) is 5. The van der Waals surface area contributed by atoms with Gasteiger partial charge in [0, 0.05) is 31.0 Å². The summed E-state index contributed by atoms with van der Waals surface area (Å²) < 4.78 is 0. The number of rotatable bonds is 13. The van der Waals surface area contributed by atoms with E-state index >= 15 is 0 Å². The Morgan fingerprint density at radius 3 is 2.27 bits per heavy atom. The molecule has 1 rings (SSSR count). The van der Waals surface area contributed by atoms with Crippen molar-refractivity contribution in [2.75, 3.05) is 13.1 Å². The minimum atomic E-state index is -0.444. The summed E-state index contributed by atoms with van der Waals surface area (Å²) in [6.45, 7) is 4.62. The van der Waals surface area contributed by atoms with Crippen LogP contribution in [0.15, 0.2) is 12.2 Å². The third kappa shape index (κ3) is 7.47. The van der Waals surface area contributed by atoms with Crippen LogP contribution in [-0.4, -0.2) is 47.5 Å². The first-order valence-electron chi connectivity index (χ1n) is 9.43. The van der Waals surface area contributed by atoms with Crippen LogP contribution in [0, 0.1) is 5.92 Å². The Hall–Kier alpha value is -2.02. The fraction of sp³-hybridized carbons (Fsp3) is 0.684. The topological polar surface area (TPSA) is 110 Å². The number of nitrogens with one attached hydrogen (secondary N) is 1. The lowest BCUT2D eigenvalue weighted by atomic mass is 9.97. The first kappa shape index (κ1) is 22.0. The summed E-state index contributed by atoms with van der Waals surface area (Å²) in [4.78, 5) is 48.4. The van der Waals surface area contributed by atoms with Gasteiger partial charge in [0.2, 0.25) is 5.91 Å². The molecule has 7 nitrogen and oxygen atoms in total. The predicted molar refractivity (Wildman–Crippen MR) is 99.0 cm³/mol. The standard InChI is InChI=1S/C19H31N3O4/c1-14(2)19(26)15(8-5-6-12-20)21-16(23)9-4-3-7-13-22-17(24)10-11-18(22)25/h10-11,14-15H,3-9,12-13,20H2,1-2H3,(H,21,23)/t15-/m1/s1. The predicted octanol–water partition coefficient (Wildman–Crippen LogP) is 1.31. The maximum atomic E-state index is 12.2. The second-order valence-corrected chi connectivity index (χ2v) is 6.93. The fourth-order valence-corrected chi connectivity index (χ4v) is 2.83. The highest BCUT2D eigenvalue weighted by Gasteiger charge is 2.23. The van der Waals surface area contributed by atoms with Crippen LogP contribution >= 0.6 is 0 Å². The van der Waals surface area contributed by atoms with Crippen LogP contribution in [0.2, 0.25) is 0 Å². The first-order valence-corrected chi connectivity index (χ1v) is 9.43. The van der Waals surface area contributed by atoms with Gasteiger partial charge >= 0.3 is 0 Å². The number of amides is 3. The molecule has 0 radical (unpaired) electrons. The van der Waals surface area contributed by atoms with Gasteiger partial charge in [-0.25, -0.2) is 0 Å². The fourth-order valence-electron chi connectivity index (χ4n) is 2.83. The summed E-state index contributed by atoms with van der Waals surface area (Å²) in [6, 6.07) is -0.444. The lowest BCUT2D eigenvalue weighted by Crippen LogP contribution is -2.42. The molecule has 0 aromatic rings. The number of ketones is 1. The molecule has 146 valence electrons. The van der Waals surface area contributed by atoms with Gasteiger partial charge in [0.25, 0.3) is 11.8 Å². The van der Waals surface area contributed by atoms with Crippen LogP contribution < -0.4 is 11.1 Å². The SMILES string of the molecule is CC(C)C(=O)[C@@H](CCCCN)NC(=O)CCCCCN1C(=O)C=CC1=O. The maximum absolute atomic E-state index is 12.2. The maximum Gasteiger partial charge on any atom is 0.253 e. The van der Waals surface area contributed by atoms with Gasteiger partial charge in [-0.2, -0.15) is 0 Å². The highest BCUT2D eigenvalue weighted by molar-refractivity contribution is 6.12. The molecule has 0 fully saturated rings. The van der Waals surface area contributed by atoms with Crippen molar-refractivity contribution in [3.63, 3.8) is 0 Å². The smallest absolute Gasteiger partial charge is 0.253 e. The van der Waals surface area contributed by atoms with E-state index < -0.39 is 6.04 Å². The Balaban J connectivity index is 2.28. The van der Waals surface area contributed by atoms with Crippen molar-refractivity contribution >= 4 is 23.5 Å². The molecule has 1 heterocycles. The highest BCUT2D eigenvalue weighted by Crippen LogP contribution is 2.10. The van der Waals surface area contributed by atoms with Gasteiger partial charge < -0.3 is 11.1 Å². The molecule has 1 aliphatic heterocycles. The molecule has 0 aliphatic carbocycles. The Labute approximate surface area is 155 Å². The molecule has 0 aromatic carbocycles. The zero-order chi connectivity index (χ0) is 19.5. The number of nitrogens with two attached hydrogens (primary N) is 1. The summed E-state index contributed by atoms with van der Waals surface area (Å²) in [7, 11) is 0. The summed E-state index contributed by atoms with van der Waals surface area (Å²) in [5.74, 6) is -0.761. The van der Waals surface area contributed by atoms with E-state index in [1.807, 2.05) is 13.8 Å². The molecule has 0 bridgehead atoms. The minimum absolute atomic E-state index is 0.0499. The van der Waals surface area contributed by atoms with Crippen molar-refractivity contribution in [1.29, 1.82) is 0 Å². The molecule has 0 unspecified atom stereocenters. The van der Waals surface area contributed by atoms with Crippen molar-refractivity contribution in [3.8, 4) is 0 Å². The lowest BCUT2D eigenvalue weighted by molar-refractivity contribution is -0.137. The average molecular weight is 365 g/mol. The summed E-state index contributed by atoms with van der Waals surface area (Å²) in [6.07, 6.45) is 7.19. The van der Waals surface area contributed by atoms with Crippen LogP contribution in [0.3, 0.4) is 0 Å². The van der Waals surface area contributed by atoms with E-state index in [4.69, 9.17) is 5.73 Å². The third-order valence-corrected chi connectivity index (χ3v) is 4.38. The molecule has 3 amide bonds. The number of hydrogen-bond donors (Lipinski definition) is 2. The van der Waals surface area contributed by atoms with E-state index in [-0.39, 0.29) is 29.4 Å². The van der Waals surface area contributed by atoms with E-state index in [0.717, 1.165) is 19.3 Å². The van der Waals surface area contributed by atoms with Crippen LogP contribution in [0.25, 0.3) is 0 Å². The highest BCUT2D eigenvalue weighted by atomic mass is 16.2. The Kier molecular flexibility index (Phi) is 9.80. The number of Topliss-reactive ketones (excluding diaryl/α,β-unsaturated/α-hetero) is 1. The van der Waals surface area contributed by atoms with E-state index in [1.165, 1.54) is 17.1 Å². The monoisotopic (exact) mass is 365 g/mol. The molecule has 7 heteroatoms. The van der Waals surface area contributed by atoms with E-state index in [0.29, 0.717) is 38.8 Å². The molecule has 1 aliphatic rings. The van der Waals surface area contributed by atoms with Crippen molar-refractivity contribution in [2.24, 2.45) is 11.7 Å². The Morgan fingerprint density at radius 2 is 1.69 bits per heavy atom. The average Bonchev–Trinajstić information content (AvgIpc) is 2.91. The van der Waals surface area contributed by atoms with E-state index in [9.17, 15) is 19.2 Å². The first-order chi connectivity index (χ1) is 12.4. The van der Waals surface area contributed by atoms with Crippen molar-refractivity contribution in [3.05, 3.63) is 12.2 Å². The second kappa shape index (κ2) is 11.6. The van der Waals surface area contributed by atoms with Gasteiger partial charge in [0.15, 0.2) is 5.78 Å². The molecule has 0 saturated carbocycles. The number of imide groups is 1. The quantitative estimate of drug-likeness (QED) is 0.378. The normalized spacial score (nSPS) is 15.0. The zero-order valence-corrected chi connectivity index (χ0v) is 15.8. The van der Waals surface area contributed by atoms with Crippen LogP contribution in [0.1, 0.15) is 58.8 Å². The van der Waals surface area contributed by atoms with E-state index in [2.05, 4.69) is 5.32 Å². The molecule has 0 saturated heterocycles. The van der Waals surface area contributed by atoms with Crippen molar-refractivity contribution < 1.29 is 19.2 Å². The van der Waals surface area contributed by atoms with Gasteiger partial charge in [0.1, 0.15) is 0 Å². The van der Waals surface area contributed by atoms with Crippen LogP contribution in [0.4, 0.5) is 0 Å². The van der Waals surface area contributed by atoms with Gasteiger partial charge in [-0.1, -0.05) is 20.3 Å². The molecule has 3 N–H and O–H groups in total. The van der Waals surface area contributed by atoms with Crippen molar-refractivity contribution in [2.45, 2.75) is 64.8 Å². The van der Waals surface area contributed by atoms with Gasteiger partial charge in [0.05, 0.1) is 6.04 Å². The van der Waals surface area contributed by atoms with Gasteiger partial charge in [-0.15, -0.1) is 0 Å². The summed E-state index contributed by atoms with van der Waals surface area (Å²) >= 11 is 0. The third-order valence-electron chi connectivity index (χ3n) is 4.38. The molecule has 1 atom stereocenters. The molecule has 26 heavy (non-hydrogen) atoms. The number of carbonyl (C=O) groups excluding carboxylic acids is 4. The van der Waals surface area contributed by atoms with Crippen LogP contribution in [0.5, 0.6) is 0 Å². The lowest BCUT2D eigenvalue weighted by Gasteiger charge is -2.19. The Bertz CT molecular complexity index is 525. The largest absolute Gasteiger partial charge is 0.346 e. The number of carbonyl (C=O) groups is 4.